The standard InChI is InChI=1S/C34H54O5/c1-21(19-35)24-11-16-34(20-38-22(2)36)18-17-32(7)25(29(24)34)9-10-27-31(6)14-13-28(39-23(3)37)30(4,5)26(31)12-15-33(27,32)8/h19,21,24-29H,9-18,20H2,1-8H3/t21-,24+,25-,26+,27-,28+,29-,31+,32-,33-,34-/m1/s1. The van der Waals surface area contributed by atoms with E-state index in [1.54, 1.807) is 6.92 Å². The van der Waals surface area contributed by atoms with E-state index in [1.165, 1.54) is 45.3 Å². The maximum absolute atomic E-state index is 12.1. The lowest BCUT2D eigenvalue weighted by Crippen LogP contribution is -2.67. The molecule has 5 saturated carbocycles. The van der Waals surface area contributed by atoms with Crippen molar-refractivity contribution in [3.8, 4) is 0 Å². The third-order valence-electron chi connectivity index (χ3n) is 14.4. The minimum atomic E-state index is -0.183. The molecule has 0 spiro atoms. The van der Waals surface area contributed by atoms with Crippen molar-refractivity contribution in [2.45, 2.75) is 126 Å². The Morgan fingerprint density at radius 1 is 0.821 bits per heavy atom. The summed E-state index contributed by atoms with van der Waals surface area (Å²) >= 11 is 0. The van der Waals surface area contributed by atoms with Gasteiger partial charge in [-0.3, -0.25) is 9.59 Å². The van der Waals surface area contributed by atoms with Crippen LogP contribution in [0, 0.1) is 62.6 Å². The first-order valence-corrected chi connectivity index (χ1v) is 15.9. The fourth-order valence-corrected chi connectivity index (χ4v) is 12.4. The molecule has 0 unspecified atom stereocenters. The Kier molecular flexibility index (Phi) is 7.15. The van der Waals surface area contributed by atoms with Gasteiger partial charge in [-0.1, -0.05) is 41.5 Å². The zero-order chi connectivity index (χ0) is 28.6. The summed E-state index contributed by atoms with van der Waals surface area (Å²) in [5, 5.41) is 0. The molecule has 0 radical (unpaired) electrons. The fourth-order valence-electron chi connectivity index (χ4n) is 12.4. The molecule has 0 aromatic rings. The molecular weight excluding hydrogens is 488 g/mol. The van der Waals surface area contributed by atoms with Gasteiger partial charge < -0.3 is 14.3 Å². The molecule has 5 aliphatic carbocycles. The predicted octanol–water partition coefficient (Wildman–Crippen LogP) is 7.40. The van der Waals surface area contributed by atoms with Gasteiger partial charge >= 0.3 is 11.9 Å². The van der Waals surface area contributed by atoms with E-state index in [1.807, 2.05) is 0 Å². The summed E-state index contributed by atoms with van der Waals surface area (Å²) in [7, 11) is 0. The second kappa shape index (κ2) is 9.58. The first-order chi connectivity index (χ1) is 18.2. The average Bonchev–Trinajstić information content (AvgIpc) is 3.24. The van der Waals surface area contributed by atoms with Crippen LogP contribution < -0.4 is 0 Å². The average molecular weight is 543 g/mol. The minimum Gasteiger partial charge on any atom is -0.465 e. The molecule has 220 valence electrons. The van der Waals surface area contributed by atoms with E-state index in [0.29, 0.717) is 36.2 Å². The Hall–Kier alpha value is -1.39. The number of esters is 2. The summed E-state index contributed by atoms with van der Waals surface area (Å²) in [6.45, 7) is 18.2. The molecule has 5 rings (SSSR count). The molecule has 5 fully saturated rings. The summed E-state index contributed by atoms with van der Waals surface area (Å²) < 4.78 is 11.7. The summed E-state index contributed by atoms with van der Waals surface area (Å²) in [4.78, 5) is 36.0. The van der Waals surface area contributed by atoms with Crippen LogP contribution in [-0.4, -0.2) is 30.9 Å². The highest BCUT2D eigenvalue weighted by Crippen LogP contribution is 2.77. The van der Waals surface area contributed by atoms with Crippen LogP contribution in [0.25, 0.3) is 0 Å². The zero-order valence-corrected chi connectivity index (χ0v) is 25.9. The van der Waals surface area contributed by atoms with E-state index in [9.17, 15) is 14.4 Å². The van der Waals surface area contributed by atoms with E-state index in [4.69, 9.17) is 9.47 Å². The SMILES string of the molecule is CC(=O)OC[C@]12CC[C@@H]([C@H](C)C=O)[C@@H]1[C@H]1CC[C@@H]3[C@@]4(C)CC[C@H](OC(C)=O)C(C)(C)[C@@H]4CC[C@@]3(C)[C@]1(C)CC2. The first kappa shape index (κ1) is 29.1. The third kappa shape index (κ3) is 4.09. The topological polar surface area (TPSA) is 69.7 Å². The highest BCUT2D eigenvalue weighted by molar-refractivity contribution is 5.66. The highest BCUT2D eigenvalue weighted by atomic mass is 16.5. The van der Waals surface area contributed by atoms with Gasteiger partial charge in [0.05, 0.1) is 6.61 Å². The van der Waals surface area contributed by atoms with Crippen LogP contribution in [0.1, 0.15) is 120 Å². The van der Waals surface area contributed by atoms with Crippen LogP contribution in [0.5, 0.6) is 0 Å². The van der Waals surface area contributed by atoms with Crippen molar-refractivity contribution in [3.05, 3.63) is 0 Å². The predicted molar refractivity (Wildman–Crippen MR) is 152 cm³/mol. The molecule has 0 aliphatic heterocycles. The first-order valence-electron chi connectivity index (χ1n) is 15.9. The van der Waals surface area contributed by atoms with Crippen molar-refractivity contribution >= 4 is 18.2 Å². The molecule has 5 aliphatic rings. The van der Waals surface area contributed by atoms with Crippen LogP contribution in [-0.2, 0) is 23.9 Å². The lowest BCUT2D eigenvalue weighted by Gasteiger charge is -2.73. The molecule has 0 heterocycles. The number of ether oxygens (including phenoxy) is 2. The Morgan fingerprint density at radius 2 is 1.54 bits per heavy atom. The van der Waals surface area contributed by atoms with E-state index in [-0.39, 0.29) is 51.0 Å². The van der Waals surface area contributed by atoms with Gasteiger partial charge in [0, 0.05) is 30.6 Å². The van der Waals surface area contributed by atoms with Crippen molar-refractivity contribution in [1.29, 1.82) is 0 Å². The van der Waals surface area contributed by atoms with E-state index in [0.717, 1.165) is 32.1 Å². The molecule has 39 heavy (non-hydrogen) atoms. The molecular formula is C34H54O5. The monoisotopic (exact) mass is 542 g/mol. The highest BCUT2D eigenvalue weighted by Gasteiger charge is 2.71. The lowest BCUT2D eigenvalue weighted by molar-refractivity contribution is -0.253. The van der Waals surface area contributed by atoms with Crippen molar-refractivity contribution in [2.24, 2.45) is 62.6 Å². The van der Waals surface area contributed by atoms with Crippen LogP contribution in [0.4, 0.5) is 0 Å². The zero-order valence-electron chi connectivity index (χ0n) is 25.9. The van der Waals surface area contributed by atoms with E-state index >= 15 is 0 Å². The molecule has 0 amide bonds. The Balaban J connectivity index is 1.50. The smallest absolute Gasteiger partial charge is 0.302 e. The molecule has 0 bridgehead atoms. The van der Waals surface area contributed by atoms with Crippen LogP contribution in [0.15, 0.2) is 0 Å². The van der Waals surface area contributed by atoms with Crippen LogP contribution >= 0.6 is 0 Å². The van der Waals surface area contributed by atoms with Crippen molar-refractivity contribution in [1.82, 2.24) is 0 Å². The third-order valence-corrected chi connectivity index (χ3v) is 14.4. The molecule has 0 N–H and O–H groups in total. The van der Waals surface area contributed by atoms with Gasteiger partial charge in [0.25, 0.3) is 0 Å². The molecule has 5 nitrogen and oxygen atoms in total. The largest absolute Gasteiger partial charge is 0.465 e. The number of aldehydes is 1. The molecule has 0 aromatic heterocycles. The van der Waals surface area contributed by atoms with Crippen molar-refractivity contribution < 1.29 is 23.9 Å². The summed E-state index contributed by atoms with van der Waals surface area (Å²) in [6, 6.07) is 0. The number of hydrogen-bond acceptors (Lipinski definition) is 5. The number of carbonyl (C=O) groups is 3. The van der Waals surface area contributed by atoms with Crippen LogP contribution in [0.2, 0.25) is 0 Å². The quantitative estimate of drug-likeness (QED) is 0.267. The van der Waals surface area contributed by atoms with Crippen LogP contribution in [0.3, 0.4) is 0 Å². The number of carbonyl (C=O) groups excluding carboxylic acids is 3. The van der Waals surface area contributed by atoms with Crippen molar-refractivity contribution in [3.63, 3.8) is 0 Å². The van der Waals surface area contributed by atoms with Crippen molar-refractivity contribution in [2.75, 3.05) is 6.61 Å². The number of fused-ring (bicyclic) bond motifs is 7. The molecule has 0 aromatic carbocycles. The molecule has 5 heteroatoms. The Labute approximate surface area is 236 Å². The van der Waals surface area contributed by atoms with Gasteiger partial charge in [-0.2, -0.15) is 0 Å². The Bertz CT molecular complexity index is 1000. The molecule has 11 atom stereocenters. The summed E-state index contributed by atoms with van der Waals surface area (Å²) in [5.74, 6) is 2.28. The second-order valence-electron chi connectivity index (χ2n) is 16.0. The maximum Gasteiger partial charge on any atom is 0.302 e. The molecule has 0 saturated heterocycles. The number of hydrogen-bond donors (Lipinski definition) is 0. The second-order valence-corrected chi connectivity index (χ2v) is 16.0. The van der Waals surface area contributed by atoms with E-state index in [2.05, 4.69) is 41.5 Å². The van der Waals surface area contributed by atoms with Gasteiger partial charge in [0.15, 0.2) is 0 Å². The minimum absolute atomic E-state index is 0.00463. The van der Waals surface area contributed by atoms with Gasteiger partial charge in [0.2, 0.25) is 0 Å². The van der Waals surface area contributed by atoms with Gasteiger partial charge in [-0.05, 0) is 110 Å². The van der Waals surface area contributed by atoms with Gasteiger partial charge in [-0.15, -0.1) is 0 Å². The summed E-state index contributed by atoms with van der Waals surface area (Å²) in [5.41, 5.74) is 0.664. The Morgan fingerprint density at radius 3 is 2.18 bits per heavy atom. The normalized spacial score (nSPS) is 48.9. The summed E-state index contributed by atoms with van der Waals surface area (Å²) in [6.07, 6.45) is 12.6. The fraction of sp³-hybridized carbons (Fsp3) is 0.912. The van der Waals surface area contributed by atoms with Gasteiger partial charge in [0.1, 0.15) is 12.4 Å². The maximum atomic E-state index is 12.1. The van der Waals surface area contributed by atoms with E-state index < -0.39 is 0 Å². The number of rotatable bonds is 5. The lowest BCUT2D eigenvalue weighted by atomic mass is 9.32. The van der Waals surface area contributed by atoms with Gasteiger partial charge in [-0.25, -0.2) is 0 Å².